The Bertz CT molecular complexity index is 397. The van der Waals surface area contributed by atoms with Crippen molar-refractivity contribution in [1.82, 2.24) is 10.3 Å². The van der Waals surface area contributed by atoms with Crippen molar-refractivity contribution in [3.05, 3.63) is 22.8 Å². The summed E-state index contributed by atoms with van der Waals surface area (Å²) in [6.07, 6.45) is 1.48. The number of ether oxygens (including phenoxy) is 2. The lowest BCUT2D eigenvalue weighted by Crippen LogP contribution is -2.41. The van der Waals surface area contributed by atoms with Crippen LogP contribution in [0.2, 0.25) is 5.02 Å². The second kappa shape index (κ2) is 6.33. The van der Waals surface area contributed by atoms with Gasteiger partial charge in [0.2, 0.25) is 0 Å². The number of anilines is 1. The molecular formula is C12H18ClN3O2. The molecule has 0 saturated carbocycles. The summed E-state index contributed by atoms with van der Waals surface area (Å²) in [5, 5.41) is 3.92. The summed E-state index contributed by atoms with van der Waals surface area (Å²) >= 11 is 5.98. The van der Waals surface area contributed by atoms with Crippen molar-refractivity contribution in [2.45, 2.75) is 19.1 Å². The molecule has 2 atom stereocenters. The fourth-order valence-electron chi connectivity index (χ4n) is 2.07. The minimum Gasteiger partial charge on any atom is -0.383 e. The first-order chi connectivity index (χ1) is 8.72. The zero-order chi connectivity index (χ0) is 13.0. The third-order valence-electron chi connectivity index (χ3n) is 2.89. The lowest BCUT2D eigenvalue weighted by Gasteiger charge is -2.31. The number of nitrogens with two attached hydrogens (primary N) is 1. The molecular weight excluding hydrogens is 254 g/mol. The first-order valence-corrected chi connectivity index (χ1v) is 6.43. The Balaban J connectivity index is 2.24. The lowest BCUT2D eigenvalue weighted by molar-refractivity contribution is -0.102. The molecule has 2 rings (SSSR count). The van der Waals surface area contributed by atoms with Crippen molar-refractivity contribution in [2.75, 3.05) is 32.1 Å². The van der Waals surface area contributed by atoms with Crippen LogP contribution in [-0.4, -0.2) is 37.5 Å². The van der Waals surface area contributed by atoms with Gasteiger partial charge in [-0.05, 0) is 12.6 Å². The predicted octanol–water partition coefficient (Wildman–Crippen LogP) is 1.38. The molecule has 2 heterocycles. The molecule has 2 unspecified atom stereocenters. The Labute approximate surface area is 112 Å². The summed E-state index contributed by atoms with van der Waals surface area (Å²) in [5.74, 6) is 0.472. The van der Waals surface area contributed by atoms with Crippen molar-refractivity contribution in [1.29, 1.82) is 0 Å². The Kier molecular flexibility index (Phi) is 4.77. The van der Waals surface area contributed by atoms with Crippen LogP contribution >= 0.6 is 11.6 Å². The Morgan fingerprint density at radius 2 is 2.44 bits per heavy atom. The Hall–Kier alpha value is -0.880. The van der Waals surface area contributed by atoms with Crippen LogP contribution < -0.4 is 11.1 Å². The number of likely N-dealkylation sites (N-methyl/N-ethyl adjacent to an activating group) is 1. The molecule has 1 fully saturated rings. The Morgan fingerprint density at radius 1 is 1.61 bits per heavy atom. The van der Waals surface area contributed by atoms with Gasteiger partial charge in [0, 0.05) is 11.8 Å². The quantitative estimate of drug-likeness (QED) is 0.866. The van der Waals surface area contributed by atoms with Crippen molar-refractivity contribution in [3.63, 3.8) is 0 Å². The van der Waals surface area contributed by atoms with Gasteiger partial charge in [-0.25, -0.2) is 4.98 Å². The van der Waals surface area contributed by atoms with Crippen LogP contribution in [0, 0.1) is 0 Å². The number of halogens is 1. The highest BCUT2D eigenvalue weighted by Gasteiger charge is 2.28. The summed E-state index contributed by atoms with van der Waals surface area (Å²) in [5.41, 5.74) is 6.78. The topological polar surface area (TPSA) is 69.4 Å². The molecule has 0 aromatic carbocycles. The number of pyridine rings is 1. The number of hydrogen-bond acceptors (Lipinski definition) is 5. The van der Waals surface area contributed by atoms with Gasteiger partial charge in [-0.1, -0.05) is 18.5 Å². The van der Waals surface area contributed by atoms with Crippen LogP contribution in [0.25, 0.3) is 0 Å². The third kappa shape index (κ3) is 3.11. The molecule has 1 aliphatic heterocycles. The monoisotopic (exact) mass is 271 g/mol. The number of nitrogen functional groups attached to an aromatic ring is 1. The molecule has 5 nitrogen and oxygen atoms in total. The molecule has 0 radical (unpaired) electrons. The minimum atomic E-state index is -0.0683. The summed E-state index contributed by atoms with van der Waals surface area (Å²) in [7, 11) is 0. The molecule has 100 valence electrons. The highest BCUT2D eigenvalue weighted by molar-refractivity contribution is 6.30. The lowest BCUT2D eigenvalue weighted by atomic mass is 10.0. The number of nitrogens with one attached hydrogen (secondary N) is 1. The van der Waals surface area contributed by atoms with Gasteiger partial charge in [-0.15, -0.1) is 0 Å². The zero-order valence-corrected chi connectivity index (χ0v) is 11.1. The van der Waals surface area contributed by atoms with E-state index < -0.39 is 0 Å². The molecule has 1 aromatic heterocycles. The highest BCUT2D eigenvalue weighted by Crippen LogP contribution is 2.27. The SMILES string of the molecule is CCNC(c1cc(Cl)cnc1N)C1COCCO1. The molecule has 0 amide bonds. The molecule has 1 saturated heterocycles. The normalized spacial score (nSPS) is 21.8. The van der Waals surface area contributed by atoms with E-state index in [9.17, 15) is 0 Å². The predicted molar refractivity (Wildman–Crippen MR) is 70.6 cm³/mol. The molecule has 0 bridgehead atoms. The van der Waals surface area contributed by atoms with E-state index in [0.717, 1.165) is 12.1 Å². The van der Waals surface area contributed by atoms with E-state index >= 15 is 0 Å². The average molecular weight is 272 g/mol. The van der Waals surface area contributed by atoms with Crippen molar-refractivity contribution in [3.8, 4) is 0 Å². The second-order valence-electron chi connectivity index (χ2n) is 4.15. The van der Waals surface area contributed by atoms with Gasteiger partial charge in [0.05, 0.1) is 30.9 Å². The van der Waals surface area contributed by atoms with Crippen LogP contribution in [0.3, 0.4) is 0 Å². The van der Waals surface area contributed by atoms with Gasteiger partial charge < -0.3 is 20.5 Å². The third-order valence-corrected chi connectivity index (χ3v) is 3.10. The number of hydrogen-bond donors (Lipinski definition) is 2. The maximum Gasteiger partial charge on any atom is 0.128 e. The van der Waals surface area contributed by atoms with Crippen LogP contribution in [-0.2, 0) is 9.47 Å². The first kappa shape index (κ1) is 13.5. The summed E-state index contributed by atoms with van der Waals surface area (Å²) < 4.78 is 11.2. The molecule has 0 spiro atoms. The van der Waals surface area contributed by atoms with Crippen molar-refractivity contribution < 1.29 is 9.47 Å². The van der Waals surface area contributed by atoms with Crippen LogP contribution in [0.15, 0.2) is 12.3 Å². The van der Waals surface area contributed by atoms with Gasteiger partial charge in [-0.3, -0.25) is 0 Å². The van der Waals surface area contributed by atoms with Gasteiger partial charge in [0.1, 0.15) is 11.9 Å². The van der Waals surface area contributed by atoms with E-state index in [-0.39, 0.29) is 12.1 Å². The fourth-order valence-corrected chi connectivity index (χ4v) is 2.24. The van der Waals surface area contributed by atoms with Crippen LogP contribution in [0.5, 0.6) is 0 Å². The van der Waals surface area contributed by atoms with Crippen molar-refractivity contribution in [2.24, 2.45) is 0 Å². The van der Waals surface area contributed by atoms with E-state index in [1.54, 1.807) is 6.20 Å². The smallest absolute Gasteiger partial charge is 0.128 e. The maximum atomic E-state index is 5.98. The van der Waals surface area contributed by atoms with E-state index in [4.69, 9.17) is 26.8 Å². The molecule has 18 heavy (non-hydrogen) atoms. The molecule has 1 aromatic rings. The van der Waals surface area contributed by atoms with Gasteiger partial charge in [0.25, 0.3) is 0 Å². The fraction of sp³-hybridized carbons (Fsp3) is 0.583. The second-order valence-corrected chi connectivity index (χ2v) is 4.58. The number of aromatic nitrogens is 1. The number of rotatable bonds is 4. The zero-order valence-electron chi connectivity index (χ0n) is 10.4. The Morgan fingerprint density at radius 3 is 3.11 bits per heavy atom. The van der Waals surface area contributed by atoms with E-state index in [1.165, 1.54) is 0 Å². The number of nitrogens with zero attached hydrogens (tertiary/aromatic N) is 1. The summed E-state index contributed by atoms with van der Waals surface area (Å²) in [6.45, 7) is 4.62. The van der Waals surface area contributed by atoms with Crippen LogP contribution in [0.1, 0.15) is 18.5 Å². The largest absolute Gasteiger partial charge is 0.383 e. The first-order valence-electron chi connectivity index (χ1n) is 6.06. The van der Waals surface area contributed by atoms with Crippen LogP contribution in [0.4, 0.5) is 5.82 Å². The summed E-state index contributed by atoms with van der Waals surface area (Å²) in [4.78, 5) is 4.09. The van der Waals surface area contributed by atoms with E-state index in [0.29, 0.717) is 30.7 Å². The van der Waals surface area contributed by atoms with Gasteiger partial charge >= 0.3 is 0 Å². The average Bonchev–Trinajstić information content (AvgIpc) is 2.40. The molecule has 3 N–H and O–H groups in total. The minimum absolute atomic E-state index is 0.0542. The standard InChI is InChI=1S/C12H18ClN3O2/c1-2-15-11(10-7-17-3-4-18-10)9-5-8(13)6-16-12(9)14/h5-6,10-11,15H,2-4,7H2,1H3,(H2,14,16). The maximum absolute atomic E-state index is 5.98. The molecule has 0 aliphatic carbocycles. The van der Waals surface area contributed by atoms with Gasteiger partial charge in [0.15, 0.2) is 0 Å². The highest BCUT2D eigenvalue weighted by atomic mass is 35.5. The van der Waals surface area contributed by atoms with Gasteiger partial charge in [-0.2, -0.15) is 0 Å². The van der Waals surface area contributed by atoms with Crippen molar-refractivity contribution >= 4 is 17.4 Å². The van der Waals surface area contributed by atoms with E-state index in [2.05, 4.69) is 10.3 Å². The summed E-state index contributed by atoms with van der Waals surface area (Å²) in [6, 6.07) is 1.77. The van der Waals surface area contributed by atoms with E-state index in [1.807, 2.05) is 13.0 Å². The molecule has 6 heteroatoms. The molecule has 1 aliphatic rings.